The third kappa shape index (κ3) is 2.75. The van der Waals surface area contributed by atoms with Crippen molar-refractivity contribution in [2.24, 2.45) is 0 Å². The average Bonchev–Trinajstić information content (AvgIpc) is 2.68. The van der Waals surface area contributed by atoms with Crippen LogP contribution in [0.5, 0.6) is 0 Å². The molecule has 0 radical (unpaired) electrons. The van der Waals surface area contributed by atoms with Gasteiger partial charge in [-0.15, -0.1) is 0 Å². The second-order valence-electron chi connectivity index (χ2n) is 5.93. The number of benzene rings is 1. The Morgan fingerprint density at radius 1 is 1.26 bits per heavy atom. The number of rotatable bonds is 3. The topological polar surface area (TPSA) is 93.5 Å². The van der Waals surface area contributed by atoms with Gasteiger partial charge in [0.1, 0.15) is 11.6 Å². The Morgan fingerprint density at radius 2 is 1.83 bits per heavy atom. The number of amides is 4. The van der Waals surface area contributed by atoms with Crippen LogP contribution in [-0.4, -0.2) is 46.3 Å². The monoisotopic (exact) mass is 314 g/mol. The van der Waals surface area contributed by atoms with Gasteiger partial charge in [0.25, 0.3) is 5.91 Å². The molecule has 1 aromatic rings. The molecular formula is C16H18N4O3. The van der Waals surface area contributed by atoms with E-state index in [1.54, 1.807) is 38.1 Å². The van der Waals surface area contributed by atoms with Crippen LogP contribution in [0.4, 0.5) is 10.5 Å². The van der Waals surface area contributed by atoms with Crippen molar-refractivity contribution in [1.82, 2.24) is 9.80 Å². The van der Waals surface area contributed by atoms with Gasteiger partial charge in [0.2, 0.25) is 5.91 Å². The molecule has 1 saturated heterocycles. The zero-order chi connectivity index (χ0) is 17.4. The molecule has 0 saturated carbocycles. The Bertz CT molecular complexity index is 703. The molecule has 7 nitrogen and oxygen atoms in total. The number of hydrogen-bond acceptors (Lipinski definition) is 4. The van der Waals surface area contributed by atoms with Crippen molar-refractivity contribution < 1.29 is 14.4 Å². The maximum absolute atomic E-state index is 12.4. The highest BCUT2D eigenvalue weighted by Crippen LogP contribution is 2.27. The summed E-state index contributed by atoms with van der Waals surface area (Å²) >= 11 is 0. The number of carbonyl (C=O) groups excluding carboxylic acids is 3. The van der Waals surface area contributed by atoms with Gasteiger partial charge in [-0.25, -0.2) is 9.69 Å². The predicted octanol–water partition coefficient (Wildman–Crippen LogP) is 1.56. The molecule has 23 heavy (non-hydrogen) atoms. The molecule has 0 bridgehead atoms. The number of nitrogens with zero attached hydrogens (tertiary/aromatic N) is 3. The third-order valence-corrected chi connectivity index (χ3v) is 4.12. The minimum atomic E-state index is -0.972. The molecule has 1 fully saturated rings. The number of urea groups is 1. The summed E-state index contributed by atoms with van der Waals surface area (Å²) in [4.78, 5) is 39.2. The number of imide groups is 1. The smallest absolute Gasteiger partial charge is 0.324 e. The predicted molar refractivity (Wildman–Crippen MR) is 83.3 cm³/mol. The molecule has 0 aromatic heterocycles. The van der Waals surface area contributed by atoms with Crippen molar-refractivity contribution in [2.45, 2.75) is 32.4 Å². The molecule has 120 valence electrons. The van der Waals surface area contributed by atoms with Gasteiger partial charge in [-0.2, -0.15) is 5.26 Å². The number of likely N-dealkylation sites (N-methyl/N-ethyl adjacent to an activating group) is 1. The lowest BCUT2D eigenvalue weighted by atomic mass is 10.0. The summed E-state index contributed by atoms with van der Waals surface area (Å²) in [6.45, 7) is 4.78. The Balaban J connectivity index is 2.15. The van der Waals surface area contributed by atoms with Gasteiger partial charge < -0.3 is 10.2 Å². The fourth-order valence-corrected chi connectivity index (χ4v) is 2.26. The van der Waals surface area contributed by atoms with Crippen LogP contribution < -0.4 is 5.32 Å². The second-order valence-corrected chi connectivity index (χ2v) is 5.93. The van der Waals surface area contributed by atoms with E-state index in [-0.39, 0.29) is 0 Å². The normalized spacial score (nSPS) is 17.9. The van der Waals surface area contributed by atoms with E-state index < -0.39 is 29.4 Å². The molecule has 4 amide bonds. The molecule has 0 unspecified atom stereocenters. The van der Waals surface area contributed by atoms with E-state index in [1.165, 1.54) is 18.9 Å². The first kappa shape index (κ1) is 16.5. The highest BCUT2D eigenvalue weighted by Gasteiger charge is 2.52. The minimum Gasteiger partial charge on any atom is -0.324 e. The summed E-state index contributed by atoms with van der Waals surface area (Å²) in [7, 11) is 1.53. The molecule has 7 heteroatoms. The van der Waals surface area contributed by atoms with Crippen molar-refractivity contribution in [2.75, 3.05) is 12.4 Å². The Morgan fingerprint density at radius 3 is 2.26 bits per heavy atom. The standard InChI is InChI=1S/C16H18N4O3/c1-10(20-14(22)16(2,3)19(4)15(20)23)13(21)18-12-7-5-11(9-17)6-8-12/h5-8,10H,1-4H3,(H,18,21)/t10-/m0/s1. The van der Waals surface area contributed by atoms with Crippen molar-refractivity contribution >= 4 is 23.5 Å². The van der Waals surface area contributed by atoms with Crippen molar-refractivity contribution in [1.29, 1.82) is 5.26 Å². The van der Waals surface area contributed by atoms with E-state index in [0.717, 1.165) is 4.90 Å². The number of carbonyl (C=O) groups is 3. The first-order valence-corrected chi connectivity index (χ1v) is 7.12. The van der Waals surface area contributed by atoms with Crippen molar-refractivity contribution in [3.05, 3.63) is 29.8 Å². The van der Waals surface area contributed by atoms with E-state index in [0.29, 0.717) is 11.3 Å². The first-order chi connectivity index (χ1) is 10.7. The van der Waals surface area contributed by atoms with Gasteiger partial charge in [0.05, 0.1) is 11.6 Å². The minimum absolute atomic E-state index is 0.410. The molecule has 0 aliphatic carbocycles. The Kier molecular flexibility index (Phi) is 4.10. The van der Waals surface area contributed by atoms with E-state index in [4.69, 9.17) is 5.26 Å². The van der Waals surface area contributed by atoms with E-state index in [1.807, 2.05) is 6.07 Å². The third-order valence-electron chi connectivity index (χ3n) is 4.12. The molecule has 1 heterocycles. The van der Waals surface area contributed by atoms with E-state index in [9.17, 15) is 14.4 Å². The quantitative estimate of drug-likeness (QED) is 0.857. The van der Waals surface area contributed by atoms with Gasteiger partial charge in [-0.3, -0.25) is 9.59 Å². The second kappa shape index (κ2) is 5.72. The number of hydrogen-bond donors (Lipinski definition) is 1. The maximum Gasteiger partial charge on any atom is 0.328 e. The number of nitrogens with one attached hydrogen (secondary N) is 1. The maximum atomic E-state index is 12.4. The Hall–Kier alpha value is -2.88. The van der Waals surface area contributed by atoms with Crippen LogP contribution in [0.25, 0.3) is 0 Å². The summed E-state index contributed by atoms with van der Waals surface area (Å²) < 4.78 is 0. The molecule has 1 N–H and O–H groups in total. The van der Waals surface area contributed by atoms with Gasteiger partial charge in [-0.1, -0.05) is 0 Å². The summed E-state index contributed by atoms with van der Waals surface area (Å²) in [5.74, 6) is -0.880. The van der Waals surface area contributed by atoms with Crippen LogP contribution >= 0.6 is 0 Å². The highest BCUT2D eigenvalue weighted by atomic mass is 16.2. The van der Waals surface area contributed by atoms with Gasteiger partial charge >= 0.3 is 6.03 Å². The summed E-state index contributed by atoms with van der Waals surface area (Å²) in [6.07, 6.45) is 0. The van der Waals surface area contributed by atoms with E-state index >= 15 is 0 Å². The zero-order valence-electron chi connectivity index (χ0n) is 13.5. The fourth-order valence-electron chi connectivity index (χ4n) is 2.26. The fraction of sp³-hybridized carbons (Fsp3) is 0.375. The van der Waals surface area contributed by atoms with Crippen LogP contribution in [0, 0.1) is 11.3 Å². The largest absolute Gasteiger partial charge is 0.328 e. The lowest BCUT2D eigenvalue weighted by Gasteiger charge is -2.22. The van der Waals surface area contributed by atoms with Crippen LogP contribution in [-0.2, 0) is 9.59 Å². The average molecular weight is 314 g/mol. The molecule has 2 rings (SSSR count). The highest BCUT2D eigenvalue weighted by molar-refractivity contribution is 6.10. The van der Waals surface area contributed by atoms with Gasteiger partial charge in [0.15, 0.2) is 0 Å². The first-order valence-electron chi connectivity index (χ1n) is 7.12. The lowest BCUT2D eigenvalue weighted by molar-refractivity contribution is -0.136. The molecule has 1 aliphatic rings. The SMILES string of the molecule is C[C@@H](C(=O)Nc1ccc(C#N)cc1)N1C(=O)N(C)C(C)(C)C1=O. The van der Waals surface area contributed by atoms with Crippen LogP contribution in [0.2, 0.25) is 0 Å². The van der Waals surface area contributed by atoms with Gasteiger partial charge in [-0.05, 0) is 45.0 Å². The zero-order valence-corrected chi connectivity index (χ0v) is 13.5. The molecule has 0 spiro atoms. The van der Waals surface area contributed by atoms with Crippen LogP contribution in [0.3, 0.4) is 0 Å². The number of nitriles is 1. The van der Waals surface area contributed by atoms with E-state index in [2.05, 4.69) is 5.32 Å². The number of anilines is 1. The van der Waals surface area contributed by atoms with Crippen molar-refractivity contribution in [3.63, 3.8) is 0 Å². The van der Waals surface area contributed by atoms with Crippen LogP contribution in [0.15, 0.2) is 24.3 Å². The van der Waals surface area contributed by atoms with Gasteiger partial charge in [0, 0.05) is 12.7 Å². The molecular weight excluding hydrogens is 296 g/mol. The summed E-state index contributed by atoms with van der Waals surface area (Å²) in [6, 6.07) is 6.88. The summed E-state index contributed by atoms with van der Waals surface area (Å²) in [5.41, 5.74) is -0.00282. The van der Waals surface area contributed by atoms with Crippen molar-refractivity contribution in [3.8, 4) is 6.07 Å². The van der Waals surface area contributed by atoms with Crippen LogP contribution in [0.1, 0.15) is 26.3 Å². The molecule has 1 aromatic carbocycles. The lowest BCUT2D eigenvalue weighted by Crippen LogP contribution is -2.47. The molecule has 1 atom stereocenters. The molecule has 1 aliphatic heterocycles. The summed E-state index contributed by atoms with van der Waals surface area (Å²) in [5, 5.41) is 11.4. The Labute approximate surface area is 134 Å².